The largest absolute Gasteiger partial charge is 0.492 e. The van der Waals surface area contributed by atoms with E-state index in [1.807, 2.05) is 38.1 Å². The van der Waals surface area contributed by atoms with Crippen LogP contribution in [0, 0.1) is 20.8 Å². The summed E-state index contributed by atoms with van der Waals surface area (Å²) in [7, 11) is 0. The minimum atomic E-state index is -1.11. The first kappa shape index (κ1) is 17.1. The zero-order chi connectivity index (χ0) is 18.2. The normalized spacial score (nSPS) is 20.1. The smallest absolute Gasteiger partial charge is 0.325 e. The quantitative estimate of drug-likeness (QED) is 0.848. The van der Waals surface area contributed by atoms with Crippen molar-refractivity contribution in [1.29, 1.82) is 0 Å². The number of urea groups is 1. The Bertz CT molecular complexity index is 827. The van der Waals surface area contributed by atoms with E-state index in [0.29, 0.717) is 17.1 Å². The number of hydrogen-bond donors (Lipinski definition) is 1. The second-order valence-corrected chi connectivity index (χ2v) is 6.50. The van der Waals surface area contributed by atoms with Crippen LogP contribution in [0.25, 0.3) is 0 Å². The molecule has 0 radical (unpaired) electrons. The molecule has 0 spiro atoms. The SMILES string of the molecule is Cc1cccc(OCCN2C(=O)NC(C)(c3cc(C)oc3C)C2=O)c1. The Labute approximate surface area is 146 Å². The number of imide groups is 1. The van der Waals surface area contributed by atoms with Crippen LogP contribution in [0.3, 0.4) is 0 Å². The van der Waals surface area contributed by atoms with Gasteiger partial charge in [-0.05, 0) is 51.5 Å². The molecule has 2 heterocycles. The van der Waals surface area contributed by atoms with Crippen molar-refractivity contribution in [3.05, 3.63) is 53.0 Å². The number of hydrogen-bond acceptors (Lipinski definition) is 4. The predicted octanol–water partition coefficient (Wildman–Crippen LogP) is 3.05. The fourth-order valence-electron chi connectivity index (χ4n) is 3.17. The summed E-state index contributed by atoms with van der Waals surface area (Å²) >= 11 is 0. The fourth-order valence-corrected chi connectivity index (χ4v) is 3.17. The summed E-state index contributed by atoms with van der Waals surface area (Å²) in [6.07, 6.45) is 0. The third-order valence-electron chi connectivity index (χ3n) is 4.43. The summed E-state index contributed by atoms with van der Waals surface area (Å²) in [4.78, 5) is 26.3. The molecule has 3 rings (SSSR count). The summed E-state index contributed by atoms with van der Waals surface area (Å²) in [5.74, 6) is 1.76. The number of carbonyl (C=O) groups excluding carboxylic acids is 2. The van der Waals surface area contributed by atoms with E-state index in [0.717, 1.165) is 11.3 Å². The number of ether oxygens (including phenoxy) is 1. The molecule has 0 bridgehead atoms. The Morgan fingerprint density at radius 2 is 1.96 bits per heavy atom. The van der Waals surface area contributed by atoms with Gasteiger partial charge in [-0.25, -0.2) is 4.79 Å². The Morgan fingerprint density at radius 1 is 1.20 bits per heavy atom. The van der Waals surface area contributed by atoms with Gasteiger partial charge in [0.05, 0.1) is 6.54 Å². The Hall–Kier alpha value is -2.76. The summed E-state index contributed by atoms with van der Waals surface area (Å²) in [5, 5.41) is 2.78. The van der Waals surface area contributed by atoms with Crippen LogP contribution in [0.15, 0.2) is 34.7 Å². The third-order valence-corrected chi connectivity index (χ3v) is 4.43. The van der Waals surface area contributed by atoms with E-state index in [1.165, 1.54) is 4.90 Å². The maximum absolute atomic E-state index is 12.8. The van der Waals surface area contributed by atoms with Gasteiger partial charge in [-0.2, -0.15) is 0 Å². The number of nitrogens with zero attached hydrogens (tertiary/aromatic N) is 1. The highest BCUT2D eigenvalue weighted by atomic mass is 16.5. The number of nitrogens with one attached hydrogen (secondary N) is 1. The van der Waals surface area contributed by atoms with Crippen molar-refractivity contribution in [2.75, 3.05) is 13.2 Å². The molecule has 6 heteroatoms. The lowest BCUT2D eigenvalue weighted by atomic mass is 9.92. The molecule has 25 heavy (non-hydrogen) atoms. The van der Waals surface area contributed by atoms with Gasteiger partial charge >= 0.3 is 6.03 Å². The summed E-state index contributed by atoms with van der Waals surface area (Å²) in [6, 6.07) is 9.01. The van der Waals surface area contributed by atoms with Crippen LogP contribution in [0.2, 0.25) is 0 Å². The highest BCUT2D eigenvalue weighted by Crippen LogP contribution is 2.32. The molecule has 1 aliphatic rings. The number of amides is 3. The Kier molecular flexibility index (Phi) is 4.29. The molecule has 1 unspecified atom stereocenters. The molecule has 1 aromatic carbocycles. The maximum atomic E-state index is 12.8. The number of benzene rings is 1. The molecule has 0 saturated carbocycles. The first-order valence-corrected chi connectivity index (χ1v) is 8.22. The number of carbonyl (C=O) groups is 2. The van der Waals surface area contributed by atoms with Crippen LogP contribution in [0.4, 0.5) is 4.79 Å². The average molecular weight is 342 g/mol. The topological polar surface area (TPSA) is 71.8 Å². The predicted molar refractivity (Wildman–Crippen MR) is 92.5 cm³/mol. The van der Waals surface area contributed by atoms with Gasteiger partial charge in [-0.1, -0.05) is 12.1 Å². The molecule has 1 atom stereocenters. The molecule has 1 fully saturated rings. The zero-order valence-electron chi connectivity index (χ0n) is 14.9. The Balaban J connectivity index is 1.70. The van der Waals surface area contributed by atoms with E-state index in [1.54, 1.807) is 19.9 Å². The van der Waals surface area contributed by atoms with Crippen molar-refractivity contribution in [3.8, 4) is 5.75 Å². The van der Waals surface area contributed by atoms with Crippen molar-refractivity contribution in [1.82, 2.24) is 10.2 Å². The molecule has 1 saturated heterocycles. The van der Waals surface area contributed by atoms with Crippen LogP contribution in [-0.2, 0) is 10.3 Å². The highest BCUT2D eigenvalue weighted by molar-refractivity contribution is 6.07. The summed E-state index contributed by atoms with van der Waals surface area (Å²) in [5.41, 5.74) is 0.666. The monoisotopic (exact) mass is 342 g/mol. The van der Waals surface area contributed by atoms with Crippen LogP contribution in [-0.4, -0.2) is 30.0 Å². The van der Waals surface area contributed by atoms with Gasteiger partial charge in [-0.15, -0.1) is 0 Å². The second kappa shape index (κ2) is 6.27. The molecular weight excluding hydrogens is 320 g/mol. The first-order chi connectivity index (χ1) is 11.8. The lowest BCUT2D eigenvalue weighted by Gasteiger charge is -2.21. The van der Waals surface area contributed by atoms with E-state index in [9.17, 15) is 9.59 Å². The van der Waals surface area contributed by atoms with Gasteiger partial charge in [0.2, 0.25) is 0 Å². The highest BCUT2D eigenvalue weighted by Gasteiger charge is 2.50. The van der Waals surface area contributed by atoms with E-state index in [-0.39, 0.29) is 19.1 Å². The van der Waals surface area contributed by atoms with E-state index in [4.69, 9.17) is 9.15 Å². The van der Waals surface area contributed by atoms with Crippen LogP contribution < -0.4 is 10.1 Å². The van der Waals surface area contributed by atoms with Gasteiger partial charge in [0, 0.05) is 5.56 Å². The lowest BCUT2D eigenvalue weighted by molar-refractivity contribution is -0.131. The van der Waals surface area contributed by atoms with E-state index in [2.05, 4.69) is 5.32 Å². The molecule has 1 aromatic heterocycles. The van der Waals surface area contributed by atoms with Gasteiger partial charge in [0.15, 0.2) is 0 Å². The lowest BCUT2D eigenvalue weighted by Crippen LogP contribution is -2.41. The molecule has 3 amide bonds. The molecule has 0 aliphatic carbocycles. The minimum Gasteiger partial charge on any atom is -0.492 e. The van der Waals surface area contributed by atoms with Crippen molar-refractivity contribution in [2.45, 2.75) is 33.2 Å². The van der Waals surface area contributed by atoms with Crippen LogP contribution in [0.5, 0.6) is 5.75 Å². The number of aryl methyl sites for hydroxylation is 3. The average Bonchev–Trinajstić information content (AvgIpc) is 2.99. The molecule has 6 nitrogen and oxygen atoms in total. The number of rotatable bonds is 5. The zero-order valence-corrected chi connectivity index (χ0v) is 14.9. The van der Waals surface area contributed by atoms with E-state index < -0.39 is 11.6 Å². The summed E-state index contributed by atoms with van der Waals surface area (Å²) < 4.78 is 11.2. The van der Waals surface area contributed by atoms with E-state index >= 15 is 0 Å². The van der Waals surface area contributed by atoms with Gasteiger partial charge < -0.3 is 14.5 Å². The Morgan fingerprint density at radius 3 is 2.60 bits per heavy atom. The first-order valence-electron chi connectivity index (χ1n) is 8.22. The summed E-state index contributed by atoms with van der Waals surface area (Å²) in [6.45, 7) is 7.70. The molecular formula is C19H22N2O4. The van der Waals surface area contributed by atoms with Gasteiger partial charge in [0.25, 0.3) is 5.91 Å². The van der Waals surface area contributed by atoms with Crippen molar-refractivity contribution >= 4 is 11.9 Å². The van der Waals surface area contributed by atoms with Gasteiger partial charge in [-0.3, -0.25) is 9.69 Å². The maximum Gasteiger partial charge on any atom is 0.325 e. The van der Waals surface area contributed by atoms with Crippen LogP contribution in [0.1, 0.15) is 29.6 Å². The second-order valence-electron chi connectivity index (χ2n) is 6.50. The molecule has 1 aliphatic heterocycles. The van der Waals surface area contributed by atoms with Crippen molar-refractivity contribution < 1.29 is 18.7 Å². The van der Waals surface area contributed by atoms with Gasteiger partial charge in [0.1, 0.15) is 29.4 Å². The minimum absolute atomic E-state index is 0.185. The van der Waals surface area contributed by atoms with Crippen molar-refractivity contribution in [3.63, 3.8) is 0 Å². The molecule has 132 valence electrons. The molecule has 1 N–H and O–H groups in total. The third kappa shape index (κ3) is 3.12. The van der Waals surface area contributed by atoms with Crippen molar-refractivity contribution in [2.24, 2.45) is 0 Å². The fraction of sp³-hybridized carbons (Fsp3) is 0.368. The standard InChI is InChI=1S/C19H22N2O4/c1-12-6-5-7-15(10-12)24-9-8-21-17(22)19(4,20-18(21)23)16-11-13(2)25-14(16)3/h5-7,10-11H,8-9H2,1-4H3,(H,20,23). The molecule has 2 aromatic rings. The number of furan rings is 1. The van der Waals surface area contributed by atoms with Crippen LogP contribution >= 0.6 is 0 Å².